The second-order valence-electron chi connectivity index (χ2n) is 2.69. The first-order valence-corrected chi connectivity index (χ1v) is 5.28. The average molecular weight is 203 g/mol. The van der Waals surface area contributed by atoms with Crippen LogP contribution in [0.25, 0.3) is 0 Å². The molecule has 0 spiro atoms. The number of nitrogens with two attached hydrogens (primary N) is 1. The summed E-state index contributed by atoms with van der Waals surface area (Å²) >= 11 is 0. The van der Waals surface area contributed by atoms with Crippen LogP contribution in [0.1, 0.15) is 5.69 Å². The van der Waals surface area contributed by atoms with Crippen LogP contribution in [-0.4, -0.2) is 20.0 Å². The van der Waals surface area contributed by atoms with Gasteiger partial charge in [0.05, 0.1) is 4.90 Å². The average Bonchev–Trinajstić information content (AvgIpc) is 2.47. The second-order valence-corrected chi connectivity index (χ2v) is 4.58. The van der Waals surface area contributed by atoms with Crippen LogP contribution in [0.3, 0.4) is 0 Å². The molecule has 0 aliphatic rings. The molecule has 0 atom stereocenters. The summed E-state index contributed by atoms with van der Waals surface area (Å²) in [4.78, 5) is 0.248. The van der Waals surface area contributed by atoms with E-state index >= 15 is 0 Å². The first-order valence-electron chi connectivity index (χ1n) is 3.80. The van der Waals surface area contributed by atoms with Crippen molar-refractivity contribution in [2.24, 2.45) is 12.8 Å². The van der Waals surface area contributed by atoms with E-state index in [1.807, 2.05) is 0 Å². The zero-order valence-corrected chi connectivity index (χ0v) is 8.43. The summed E-state index contributed by atoms with van der Waals surface area (Å²) in [5.41, 5.74) is 6.20. The van der Waals surface area contributed by atoms with Crippen molar-refractivity contribution in [2.75, 3.05) is 7.05 Å². The molecule has 0 radical (unpaired) electrons. The van der Waals surface area contributed by atoms with Gasteiger partial charge in [-0.15, -0.1) is 0 Å². The monoisotopic (exact) mass is 203 g/mol. The van der Waals surface area contributed by atoms with E-state index in [1.54, 1.807) is 17.7 Å². The second kappa shape index (κ2) is 3.49. The molecular weight excluding hydrogens is 190 g/mol. The number of sulfonamides is 1. The van der Waals surface area contributed by atoms with Crippen molar-refractivity contribution >= 4 is 10.0 Å². The number of hydrogen-bond donors (Lipinski definition) is 2. The molecule has 0 fully saturated rings. The molecule has 74 valence electrons. The van der Waals surface area contributed by atoms with E-state index in [-0.39, 0.29) is 4.90 Å². The lowest BCUT2D eigenvalue weighted by molar-refractivity contribution is 0.588. The fourth-order valence-corrected chi connectivity index (χ4v) is 1.87. The van der Waals surface area contributed by atoms with Gasteiger partial charge < -0.3 is 10.3 Å². The van der Waals surface area contributed by atoms with E-state index in [1.165, 1.54) is 13.2 Å². The molecule has 0 unspecified atom stereocenters. The predicted molar refractivity (Wildman–Crippen MR) is 49.5 cm³/mol. The summed E-state index contributed by atoms with van der Waals surface area (Å²) in [6.07, 6.45) is 1.54. The first kappa shape index (κ1) is 10.2. The number of aromatic nitrogens is 1. The van der Waals surface area contributed by atoms with Gasteiger partial charge >= 0.3 is 0 Å². The Morgan fingerprint density at radius 3 is 2.62 bits per heavy atom. The summed E-state index contributed by atoms with van der Waals surface area (Å²) in [5, 5.41) is 0. The maximum Gasteiger partial charge on any atom is 0.241 e. The molecule has 13 heavy (non-hydrogen) atoms. The minimum Gasteiger partial charge on any atom is -0.352 e. The van der Waals surface area contributed by atoms with Gasteiger partial charge in [0.15, 0.2) is 0 Å². The van der Waals surface area contributed by atoms with Crippen molar-refractivity contribution in [3.05, 3.63) is 18.0 Å². The van der Waals surface area contributed by atoms with Crippen molar-refractivity contribution in [2.45, 2.75) is 11.4 Å². The van der Waals surface area contributed by atoms with Crippen LogP contribution >= 0.6 is 0 Å². The van der Waals surface area contributed by atoms with Crippen molar-refractivity contribution in [1.29, 1.82) is 0 Å². The zero-order chi connectivity index (χ0) is 10.1. The summed E-state index contributed by atoms with van der Waals surface area (Å²) in [5.74, 6) is 0. The summed E-state index contributed by atoms with van der Waals surface area (Å²) < 4.78 is 26.6. The highest BCUT2D eigenvalue weighted by atomic mass is 32.2. The molecular formula is C7H13N3O2S. The van der Waals surface area contributed by atoms with Gasteiger partial charge in [0.25, 0.3) is 0 Å². The molecule has 6 heteroatoms. The molecule has 3 N–H and O–H groups in total. The van der Waals surface area contributed by atoms with Crippen LogP contribution in [0.15, 0.2) is 17.2 Å². The highest BCUT2D eigenvalue weighted by Crippen LogP contribution is 2.11. The van der Waals surface area contributed by atoms with Gasteiger partial charge in [-0.2, -0.15) is 0 Å². The molecule has 0 saturated heterocycles. The third kappa shape index (κ3) is 1.90. The fourth-order valence-electron chi connectivity index (χ4n) is 1.04. The SMILES string of the molecule is CNS(=O)(=O)c1cc(CN)n(C)c1. The van der Waals surface area contributed by atoms with Crippen LogP contribution in [0, 0.1) is 0 Å². The highest BCUT2D eigenvalue weighted by Gasteiger charge is 2.14. The van der Waals surface area contributed by atoms with E-state index in [4.69, 9.17) is 5.73 Å². The quantitative estimate of drug-likeness (QED) is 0.688. The molecule has 0 bridgehead atoms. The Morgan fingerprint density at radius 2 is 2.23 bits per heavy atom. The molecule has 1 aromatic heterocycles. The smallest absolute Gasteiger partial charge is 0.241 e. The first-order chi connectivity index (χ1) is 6.01. The normalized spacial score (nSPS) is 11.9. The highest BCUT2D eigenvalue weighted by molar-refractivity contribution is 7.89. The third-order valence-corrected chi connectivity index (χ3v) is 3.25. The van der Waals surface area contributed by atoms with Crippen molar-refractivity contribution in [3.8, 4) is 0 Å². The van der Waals surface area contributed by atoms with Crippen LogP contribution in [0.2, 0.25) is 0 Å². The van der Waals surface area contributed by atoms with E-state index in [2.05, 4.69) is 4.72 Å². The number of aryl methyl sites for hydroxylation is 1. The Kier molecular flexibility index (Phi) is 2.74. The Bertz CT molecular complexity index is 394. The predicted octanol–water partition coefficient (Wildman–Crippen LogP) is -0.608. The Morgan fingerprint density at radius 1 is 1.62 bits per heavy atom. The summed E-state index contributed by atoms with van der Waals surface area (Å²) in [7, 11) is -0.196. The molecule has 0 aliphatic heterocycles. The van der Waals surface area contributed by atoms with Gasteiger partial charge in [-0.05, 0) is 13.1 Å². The molecule has 0 aromatic carbocycles. The van der Waals surface area contributed by atoms with Gasteiger partial charge in [-0.25, -0.2) is 13.1 Å². The van der Waals surface area contributed by atoms with Crippen LogP contribution in [-0.2, 0) is 23.6 Å². The van der Waals surface area contributed by atoms with Gasteiger partial charge in [0, 0.05) is 25.5 Å². The van der Waals surface area contributed by atoms with Crippen LogP contribution < -0.4 is 10.5 Å². The number of rotatable bonds is 3. The Hall–Kier alpha value is -0.850. The third-order valence-electron chi connectivity index (χ3n) is 1.87. The van der Waals surface area contributed by atoms with E-state index in [9.17, 15) is 8.42 Å². The molecule has 1 heterocycles. The van der Waals surface area contributed by atoms with Gasteiger partial charge in [0.2, 0.25) is 10.0 Å². The summed E-state index contributed by atoms with van der Waals surface area (Å²) in [6.45, 7) is 0.329. The molecule has 0 aliphatic carbocycles. The van der Waals surface area contributed by atoms with Crippen LogP contribution in [0.5, 0.6) is 0 Å². The lowest BCUT2D eigenvalue weighted by atomic mass is 10.4. The maximum absolute atomic E-state index is 11.3. The standard InChI is InChI=1S/C7H13N3O2S/c1-9-13(11,12)7-3-6(4-8)10(2)5-7/h3,5,9H,4,8H2,1-2H3. The fraction of sp³-hybridized carbons (Fsp3) is 0.429. The molecule has 5 nitrogen and oxygen atoms in total. The van der Waals surface area contributed by atoms with E-state index in [0.29, 0.717) is 6.54 Å². The number of hydrogen-bond acceptors (Lipinski definition) is 3. The number of nitrogens with zero attached hydrogens (tertiary/aromatic N) is 1. The topological polar surface area (TPSA) is 77.1 Å². The van der Waals surface area contributed by atoms with Crippen molar-refractivity contribution in [1.82, 2.24) is 9.29 Å². The van der Waals surface area contributed by atoms with E-state index in [0.717, 1.165) is 5.69 Å². The minimum absolute atomic E-state index is 0.248. The van der Waals surface area contributed by atoms with Crippen LogP contribution in [0.4, 0.5) is 0 Å². The largest absolute Gasteiger partial charge is 0.352 e. The number of nitrogens with one attached hydrogen (secondary N) is 1. The van der Waals surface area contributed by atoms with E-state index < -0.39 is 10.0 Å². The summed E-state index contributed by atoms with van der Waals surface area (Å²) in [6, 6.07) is 1.56. The van der Waals surface area contributed by atoms with Gasteiger partial charge in [-0.3, -0.25) is 0 Å². The Labute approximate surface area is 77.6 Å². The zero-order valence-electron chi connectivity index (χ0n) is 7.61. The minimum atomic E-state index is -3.34. The molecule has 1 rings (SSSR count). The lowest BCUT2D eigenvalue weighted by Crippen LogP contribution is -2.17. The molecule has 0 saturated carbocycles. The maximum atomic E-state index is 11.3. The van der Waals surface area contributed by atoms with Crippen molar-refractivity contribution in [3.63, 3.8) is 0 Å². The molecule has 0 amide bonds. The van der Waals surface area contributed by atoms with Gasteiger partial charge in [0.1, 0.15) is 0 Å². The van der Waals surface area contributed by atoms with Crippen molar-refractivity contribution < 1.29 is 8.42 Å². The molecule has 1 aromatic rings. The van der Waals surface area contributed by atoms with Gasteiger partial charge in [-0.1, -0.05) is 0 Å². The lowest BCUT2D eigenvalue weighted by Gasteiger charge is -1.96. The Balaban J connectivity index is 3.19.